The second-order valence-electron chi connectivity index (χ2n) is 4.87. The van der Waals surface area contributed by atoms with Crippen LogP contribution in [0.3, 0.4) is 0 Å². The summed E-state index contributed by atoms with van der Waals surface area (Å²) in [5, 5.41) is 3.50. The van der Waals surface area contributed by atoms with Crippen molar-refractivity contribution in [2.45, 2.75) is 37.2 Å². The molecule has 1 atom stereocenters. The molecule has 1 aliphatic carbocycles. The maximum Gasteiger partial charge on any atom is 0.416 e. The summed E-state index contributed by atoms with van der Waals surface area (Å²) in [6.07, 6.45) is 0.329. The van der Waals surface area contributed by atoms with E-state index in [0.717, 1.165) is 30.5 Å². The van der Waals surface area contributed by atoms with Crippen molar-refractivity contribution in [2.24, 2.45) is 0 Å². The molecule has 0 bridgehead atoms. The lowest BCUT2D eigenvalue weighted by Gasteiger charge is -2.14. The van der Waals surface area contributed by atoms with Gasteiger partial charge >= 0.3 is 6.18 Å². The molecule has 1 aromatic rings. The Morgan fingerprint density at radius 2 is 1.74 bits per heavy atom. The lowest BCUT2D eigenvalue weighted by atomic mass is 10.0. The molecule has 1 aromatic carbocycles. The van der Waals surface area contributed by atoms with Gasteiger partial charge in [0.1, 0.15) is 5.37 Å². The Morgan fingerprint density at radius 3 is 2.37 bits per heavy atom. The number of allylic oxidation sites excluding steroid dienone is 2. The van der Waals surface area contributed by atoms with Crippen molar-refractivity contribution < 1.29 is 13.2 Å². The number of rotatable bonds is 1. The lowest BCUT2D eigenvalue weighted by molar-refractivity contribution is -0.137. The van der Waals surface area contributed by atoms with Gasteiger partial charge in [-0.2, -0.15) is 13.2 Å². The molecule has 1 heterocycles. The largest absolute Gasteiger partial charge is 0.416 e. The average molecular weight is 285 g/mol. The van der Waals surface area contributed by atoms with E-state index in [9.17, 15) is 13.2 Å². The zero-order valence-corrected chi connectivity index (χ0v) is 11.1. The molecule has 0 amide bonds. The molecule has 5 heteroatoms. The van der Waals surface area contributed by atoms with Gasteiger partial charge in [0.05, 0.1) is 5.56 Å². The first-order valence-electron chi connectivity index (χ1n) is 6.36. The third-order valence-electron chi connectivity index (χ3n) is 3.52. The predicted octanol–water partition coefficient (Wildman–Crippen LogP) is 4.83. The summed E-state index contributed by atoms with van der Waals surface area (Å²) in [7, 11) is 0. The van der Waals surface area contributed by atoms with Gasteiger partial charge in [0.2, 0.25) is 0 Å². The quantitative estimate of drug-likeness (QED) is 0.793. The van der Waals surface area contributed by atoms with Crippen LogP contribution in [0.15, 0.2) is 34.9 Å². The van der Waals surface area contributed by atoms with Crippen molar-refractivity contribution in [3.8, 4) is 0 Å². The maximum absolute atomic E-state index is 12.5. The lowest BCUT2D eigenvalue weighted by Crippen LogP contribution is -2.14. The summed E-state index contributed by atoms with van der Waals surface area (Å²) in [4.78, 5) is 1.39. The van der Waals surface area contributed by atoms with Gasteiger partial charge in [-0.15, -0.1) is 0 Å². The van der Waals surface area contributed by atoms with Crippen LogP contribution < -0.4 is 5.32 Å². The minimum atomic E-state index is -4.26. The Morgan fingerprint density at radius 1 is 1.05 bits per heavy atom. The Labute approximate surface area is 114 Å². The minimum absolute atomic E-state index is 0.0744. The molecule has 2 aliphatic rings. The number of halogens is 3. The summed E-state index contributed by atoms with van der Waals surface area (Å²) in [6, 6.07) is 5.47. The van der Waals surface area contributed by atoms with Gasteiger partial charge in [0, 0.05) is 10.6 Å². The van der Waals surface area contributed by atoms with Crippen LogP contribution in [-0.2, 0) is 6.18 Å². The van der Waals surface area contributed by atoms with Crippen molar-refractivity contribution in [2.75, 3.05) is 0 Å². The number of hydrogen-bond donors (Lipinski definition) is 1. The Balaban J connectivity index is 1.75. The molecule has 1 aliphatic heterocycles. The molecule has 102 valence electrons. The SMILES string of the molecule is FC(F)(F)c1ccc(C2NC3=C(CCCC3)S2)cc1. The van der Waals surface area contributed by atoms with Gasteiger partial charge in [0.15, 0.2) is 0 Å². The Bertz CT molecular complexity index is 486. The first kappa shape index (κ1) is 12.9. The number of hydrogen-bond acceptors (Lipinski definition) is 2. The van der Waals surface area contributed by atoms with E-state index in [0.29, 0.717) is 0 Å². The van der Waals surface area contributed by atoms with Crippen LogP contribution >= 0.6 is 11.8 Å². The van der Waals surface area contributed by atoms with Crippen molar-refractivity contribution in [3.63, 3.8) is 0 Å². The van der Waals surface area contributed by atoms with Crippen LogP contribution in [0.4, 0.5) is 13.2 Å². The smallest absolute Gasteiger partial charge is 0.372 e. The number of alkyl halides is 3. The Hall–Kier alpha value is -1.10. The molecule has 1 N–H and O–H groups in total. The average Bonchev–Trinajstić information content (AvgIpc) is 2.81. The molecule has 3 rings (SSSR count). The van der Waals surface area contributed by atoms with Gasteiger partial charge in [-0.25, -0.2) is 0 Å². The molecule has 0 saturated carbocycles. The molecule has 0 fully saturated rings. The van der Waals surface area contributed by atoms with Gasteiger partial charge in [-0.05, 0) is 43.4 Å². The monoisotopic (exact) mass is 285 g/mol. The highest BCUT2D eigenvalue weighted by molar-refractivity contribution is 8.03. The molecular formula is C14H14F3NS. The van der Waals surface area contributed by atoms with E-state index >= 15 is 0 Å². The highest BCUT2D eigenvalue weighted by Crippen LogP contribution is 2.46. The fourth-order valence-corrected chi connectivity index (χ4v) is 3.83. The number of nitrogens with one attached hydrogen (secondary N) is 1. The first-order valence-corrected chi connectivity index (χ1v) is 7.24. The molecule has 0 radical (unpaired) electrons. The summed E-state index contributed by atoms with van der Waals surface area (Å²) in [5.41, 5.74) is 1.62. The summed E-state index contributed by atoms with van der Waals surface area (Å²) < 4.78 is 37.5. The van der Waals surface area contributed by atoms with Crippen molar-refractivity contribution >= 4 is 11.8 Å². The van der Waals surface area contributed by atoms with E-state index in [4.69, 9.17) is 0 Å². The zero-order valence-electron chi connectivity index (χ0n) is 10.3. The molecule has 1 unspecified atom stereocenters. The van der Waals surface area contributed by atoms with Gasteiger partial charge in [-0.1, -0.05) is 23.9 Å². The maximum atomic E-state index is 12.5. The zero-order chi connectivity index (χ0) is 13.5. The normalized spacial score (nSPS) is 23.2. The van der Waals surface area contributed by atoms with Gasteiger partial charge in [-0.3, -0.25) is 0 Å². The predicted molar refractivity (Wildman–Crippen MR) is 70.4 cm³/mol. The van der Waals surface area contributed by atoms with Crippen LogP contribution in [0.1, 0.15) is 42.2 Å². The van der Waals surface area contributed by atoms with Gasteiger partial charge in [0.25, 0.3) is 0 Å². The number of benzene rings is 1. The van der Waals surface area contributed by atoms with E-state index in [1.807, 2.05) is 0 Å². The van der Waals surface area contributed by atoms with Crippen LogP contribution in [0.25, 0.3) is 0 Å². The summed E-state index contributed by atoms with van der Waals surface area (Å²) in [5.74, 6) is 0. The highest BCUT2D eigenvalue weighted by Gasteiger charge is 2.31. The molecular weight excluding hydrogens is 271 g/mol. The van der Waals surface area contributed by atoms with Crippen LogP contribution in [0, 0.1) is 0 Å². The second kappa shape index (κ2) is 4.78. The van der Waals surface area contributed by atoms with Crippen LogP contribution in [0.2, 0.25) is 0 Å². The van der Waals surface area contributed by atoms with Crippen molar-refractivity contribution in [1.29, 1.82) is 0 Å². The van der Waals surface area contributed by atoms with E-state index in [-0.39, 0.29) is 5.37 Å². The van der Waals surface area contributed by atoms with E-state index in [1.54, 1.807) is 23.9 Å². The van der Waals surface area contributed by atoms with E-state index in [2.05, 4.69) is 5.32 Å². The highest BCUT2D eigenvalue weighted by atomic mass is 32.2. The van der Waals surface area contributed by atoms with E-state index in [1.165, 1.54) is 23.4 Å². The molecule has 0 aromatic heterocycles. The Kier molecular flexibility index (Phi) is 3.25. The fraction of sp³-hybridized carbons (Fsp3) is 0.429. The van der Waals surface area contributed by atoms with Crippen molar-refractivity contribution in [3.05, 3.63) is 46.0 Å². The van der Waals surface area contributed by atoms with Gasteiger partial charge < -0.3 is 5.32 Å². The summed E-state index contributed by atoms with van der Waals surface area (Å²) in [6.45, 7) is 0. The third-order valence-corrected chi connectivity index (χ3v) is 4.88. The first-order chi connectivity index (χ1) is 9.04. The fourth-order valence-electron chi connectivity index (χ4n) is 2.49. The molecule has 0 spiro atoms. The molecule has 1 nitrogen and oxygen atoms in total. The van der Waals surface area contributed by atoms with Crippen LogP contribution in [-0.4, -0.2) is 0 Å². The third kappa shape index (κ3) is 2.61. The standard InChI is InChI=1S/C14H14F3NS/c15-14(16,17)10-7-5-9(6-8-10)13-18-11-3-1-2-4-12(11)19-13/h5-8,13,18H,1-4H2. The molecule has 19 heavy (non-hydrogen) atoms. The minimum Gasteiger partial charge on any atom is -0.372 e. The second-order valence-corrected chi connectivity index (χ2v) is 6.07. The summed E-state index contributed by atoms with van der Waals surface area (Å²) >= 11 is 1.75. The molecule has 0 saturated heterocycles. The van der Waals surface area contributed by atoms with Crippen molar-refractivity contribution in [1.82, 2.24) is 5.32 Å². The van der Waals surface area contributed by atoms with E-state index < -0.39 is 11.7 Å². The number of thioether (sulfide) groups is 1. The van der Waals surface area contributed by atoms with Crippen LogP contribution in [0.5, 0.6) is 0 Å². The topological polar surface area (TPSA) is 12.0 Å².